The van der Waals surface area contributed by atoms with E-state index < -0.39 is 0 Å². The monoisotopic (exact) mass is 417 g/mol. The molecule has 8 nitrogen and oxygen atoms in total. The summed E-state index contributed by atoms with van der Waals surface area (Å²) in [5.74, 6) is 1.62. The van der Waals surface area contributed by atoms with Crippen LogP contribution in [0.5, 0.6) is 0 Å². The number of nitrogens with zero attached hydrogens (tertiary/aromatic N) is 5. The van der Waals surface area contributed by atoms with Crippen molar-refractivity contribution in [1.29, 1.82) is 0 Å². The molecule has 31 heavy (non-hydrogen) atoms. The molecular weight excluding hydrogens is 390 g/mol. The molecular formula is C23H27N7O. The predicted molar refractivity (Wildman–Crippen MR) is 123 cm³/mol. The molecule has 0 saturated carbocycles. The van der Waals surface area contributed by atoms with E-state index in [1.54, 1.807) is 4.68 Å². The summed E-state index contributed by atoms with van der Waals surface area (Å²) < 4.78 is 9.28. The van der Waals surface area contributed by atoms with Crippen LogP contribution in [0.3, 0.4) is 0 Å². The third-order valence-electron chi connectivity index (χ3n) is 5.67. The van der Waals surface area contributed by atoms with Crippen molar-refractivity contribution in [3.8, 4) is 11.3 Å². The second-order valence-electron chi connectivity index (χ2n) is 8.15. The molecule has 160 valence electrons. The van der Waals surface area contributed by atoms with Gasteiger partial charge in [0, 0.05) is 44.4 Å². The predicted octanol–water partition coefficient (Wildman–Crippen LogP) is 4.01. The molecule has 4 aromatic rings. The summed E-state index contributed by atoms with van der Waals surface area (Å²) in [6, 6.07) is 12.7. The van der Waals surface area contributed by atoms with Crippen molar-refractivity contribution in [2.24, 2.45) is 14.1 Å². The van der Waals surface area contributed by atoms with Crippen LogP contribution < -0.4 is 10.6 Å². The van der Waals surface area contributed by atoms with Gasteiger partial charge in [-0.15, -0.1) is 0 Å². The van der Waals surface area contributed by atoms with E-state index in [2.05, 4.69) is 52.0 Å². The third-order valence-corrected chi connectivity index (χ3v) is 5.67. The number of anilines is 3. The van der Waals surface area contributed by atoms with Crippen molar-refractivity contribution in [2.45, 2.75) is 25.8 Å². The van der Waals surface area contributed by atoms with Crippen LogP contribution in [0.15, 0.2) is 42.6 Å². The summed E-state index contributed by atoms with van der Waals surface area (Å²) in [4.78, 5) is 4.80. The van der Waals surface area contributed by atoms with Crippen LogP contribution in [0.1, 0.15) is 18.4 Å². The maximum atomic E-state index is 5.64. The first-order valence-electron chi connectivity index (χ1n) is 10.6. The van der Waals surface area contributed by atoms with E-state index in [9.17, 15) is 0 Å². The quantitative estimate of drug-likeness (QED) is 0.511. The van der Waals surface area contributed by atoms with Crippen LogP contribution >= 0.6 is 0 Å². The lowest BCUT2D eigenvalue weighted by molar-refractivity contribution is 0.0876. The number of pyridine rings is 1. The van der Waals surface area contributed by atoms with E-state index in [0.717, 1.165) is 59.1 Å². The van der Waals surface area contributed by atoms with E-state index in [4.69, 9.17) is 9.72 Å². The minimum absolute atomic E-state index is 0.289. The van der Waals surface area contributed by atoms with E-state index in [0.29, 0.717) is 6.61 Å². The average Bonchev–Trinajstić information content (AvgIpc) is 3.32. The Labute approximate surface area is 181 Å². The number of hydrogen-bond donors (Lipinski definition) is 2. The lowest BCUT2D eigenvalue weighted by atomic mass is 10.1. The molecule has 0 radical (unpaired) electrons. The molecule has 0 amide bonds. The highest BCUT2D eigenvalue weighted by Crippen LogP contribution is 2.29. The van der Waals surface area contributed by atoms with Gasteiger partial charge < -0.3 is 15.4 Å². The van der Waals surface area contributed by atoms with Gasteiger partial charge in [-0.2, -0.15) is 10.2 Å². The third kappa shape index (κ3) is 3.98. The molecule has 1 atom stereocenters. The van der Waals surface area contributed by atoms with Crippen LogP contribution in [0.4, 0.5) is 17.3 Å². The highest BCUT2D eigenvalue weighted by atomic mass is 16.5. The van der Waals surface area contributed by atoms with Crippen molar-refractivity contribution in [3.05, 3.63) is 48.2 Å². The SMILES string of the molecule is Cc1cccc(-c2cc(Nc3cc(N[C@@H]4CCCOC4)c4cnn(C)c4n3)n(C)n2)c1. The maximum absolute atomic E-state index is 5.64. The van der Waals surface area contributed by atoms with Crippen LogP contribution in [-0.2, 0) is 18.8 Å². The van der Waals surface area contributed by atoms with E-state index in [1.807, 2.05) is 37.1 Å². The number of benzene rings is 1. The Morgan fingerprint density at radius 2 is 2.03 bits per heavy atom. The van der Waals surface area contributed by atoms with Crippen molar-refractivity contribution >= 4 is 28.4 Å². The summed E-state index contributed by atoms with van der Waals surface area (Å²) in [5.41, 5.74) is 5.07. The Bertz CT molecular complexity index is 1220. The smallest absolute Gasteiger partial charge is 0.161 e. The highest BCUT2D eigenvalue weighted by molar-refractivity contribution is 5.91. The standard InChI is InChI=1S/C23H27N7O/c1-15-6-4-7-16(10-15)19-12-22(29(2)28-19)26-21-11-20(25-17-8-5-9-31-14-17)18-13-24-30(3)23(18)27-21/h4,6-7,10-13,17H,5,8-9,14H2,1-3H3,(H2,25,26,27)/t17-/m1/s1. The van der Waals surface area contributed by atoms with Crippen LogP contribution in [0, 0.1) is 6.92 Å². The zero-order chi connectivity index (χ0) is 21.4. The first kappa shape index (κ1) is 19.6. The summed E-state index contributed by atoms with van der Waals surface area (Å²) >= 11 is 0. The molecule has 1 aromatic carbocycles. The van der Waals surface area contributed by atoms with Gasteiger partial charge in [0.2, 0.25) is 0 Å². The van der Waals surface area contributed by atoms with Crippen LogP contribution in [-0.4, -0.2) is 43.8 Å². The first-order chi connectivity index (χ1) is 15.1. The summed E-state index contributed by atoms with van der Waals surface area (Å²) in [5, 5.41) is 17.2. The first-order valence-corrected chi connectivity index (χ1v) is 10.6. The number of hydrogen-bond acceptors (Lipinski definition) is 6. The Balaban J connectivity index is 1.47. The average molecular weight is 418 g/mol. The highest BCUT2D eigenvalue weighted by Gasteiger charge is 2.18. The summed E-state index contributed by atoms with van der Waals surface area (Å²) in [6.07, 6.45) is 4.02. The van der Waals surface area contributed by atoms with Crippen LogP contribution in [0.2, 0.25) is 0 Å². The zero-order valence-electron chi connectivity index (χ0n) is 18.1. The molecule has 0 spiro atoms. The van der Waals surface area contributed by atoms with Gasteiger partial charge in [0.25, 0.3) is 0 Å². The van der Waals surface area contributed by atoms with Gasteiger partial charge in [-0.25, -0.2) is 4.98 Å². The van der Waals surface area contributed by atoms with E-state index in [1.165, 1.54) is 5.56 Å². The van der Waals surface area contributed by atoms with E-state index in [-0.39, 0.29) is 6.04 Å². The number of nitrogens with one attached hydrogen (secondary N) is 2. The number of fused-ring (bicyclic) bond motifs is 1. The van der Waals surface area contributed by atoms with E-state index >= 15 is 0 Å². The molecule has 0 unspecified atom stereocenters. The number of rotatable bonds is 5. The van der Waals surface area contributed by atoms with Crippen LogP contribution in [0.25, 0.3) is 22.3 Å². The number of ether oxygens (including phenoxy) is 1. The van der Waals surface area contributed by atoms with Gasteiger partial charge in [-0.05, 0) is 25.8 Å². The Kier molecular flexibility index (Phi) is 5.07. The molecule has 8 heteroatoms. The normalized spacial score (nSPS) is 16.5. The van der Waals surface area contributed by atoms with Gasteiger partial charge in [0.1, 0.15) is 11.6 Å². The Morgan fingerprint density at radius 1 is 1.13 bits per heavy atom. The topological polar surface area (TPSA) is 81.8 Å². The molecule has 4 heterocycles. The molecule has 1 fully saturated rings. The lowest BCUT2D eigenvalue weighted by Crippen LogP contribution is -2.30. The fourth-order valence-electron chi connectivity index (χ4n) is 4.03. The molecule has 0 bridgehead atoms. The van der Waals surface area contributed by atoms with Gasteiger partial charge in [0.15, 0.2) is 5.65 Å². The number of aromatic nitrogens is 5. The second kappa shape index (κ2) is 8.03. The van der Waals surface area contributed by atoms with Crippen molar-refractivity contribution < 1.29 is 4.74 Å². The van der Waals surface area contributed by atoms with Gasteiger partial charge >= 0.3 is 0 Å². The van der Waals surface area contributed by atoms with Gasteiger partial charge in [0.05, 0.1) is 29.6 Å². The minimum atomic E-state index is 0.289. The molecule has 5 rings (SSSR count). The second-order valence-corrected chi connectivity index (χ2v) is 8.15. The Hall–Kier alpha value is -3.39. The molecule has 0 aliphatic carbocycles. The van der Waals surface area contributed by atoms with Gasteiger partial charge in [-0.1, -0.05) is 23.8 Å². The largest absolute Gasteiger partial charge is 0.379 e. The maximum Gasteiger partial charge on any atom is 0.161 e. The Morgan fingerprint density at radius 3 is 2.84 bits per heavy atom. The molecule has 3 aromatic heterocycles. The molecule has 1 aliphatic rings. The van der Waals surface area contributed by atoms with Crippen molar-refractivity contribution in [3.63, 3.8) is 0 Å². The zero-order valence-corrected chi connectivity index (χ0v) is 18.1. The van der Waals surface area contributed by atoms with Crippen molar-refractivity contribution in [1.82, 2.24) is 24.5 Å². The fraction of sp³-hybridized carbons (Fsp3) is 0.348. The summed E-state index contributed by atoms with van der Waals surface area (Å²) in [7, 11) is 3.84. The lowest BCUT2D eigenvalue weighted by Gasteiger charge is -2.24. The molecule has 1 aliphatic heterocycles. The van der Waals surface area contributed by atoms with Gasteiger partial charge in [-0.3, -0.25) is 9.36 Å². The minimum Gasteiger partial charge on any atom is -0.379 e. The summed E-state index contributed by atoms with van der Waals surface area (Å²) in [6.45, 7) is 3.65. The molecule has 1 saturated heterocycles. The number of aryl methyl sites for hydroxylation is 3. The fourth-order valence-corrected chi connectivity index (χ4v) is 4.03. The molecule has 2 N–H and O–H groups in total. The van der Waals surface area contributed by atoms with Crippen molar-refractivity contribution in [2.75, 3.05) is 23.8 Å².